The van der Waals surface area contributed by atoms with E-state index in [1.54, 1.807) is 7.05 Å². The molecule has 0 saturated carbocycles. The molecule has 1 amide bonds. The molecule has 17 heavy (non-hydrogen) atoms. The minimum absolute atomic E-state index is 0.320. The molecule has 0 aromatic carbocycles. The van der Waals surface area contributed by atoms with Crippen LogP contribution >= 0.6 is 0 Å². The second-order valence-electron chi connectivity index (χ2n) is 3.82. The van der Waals surface area contributed by atoms with E-state index in [4.69, 9.17) is 10.5 Å². The fraction of sp³-hybridized carbons (Fsp3) is 0.455. The molecule has 2 rings (SSSR count). The van der Waals surface area contributed by atoms with Crippen LogP contribution in [0.25, 0.3) is 0 Å². The van der Waals surface area contributed by atoms with Crippen molar-refractivity contribution in [1.82, 2.24) is 4.98 Å². The van der Waals surface area contributed by atoms with Crippen molar-refractivity contribution in [2.75, 3.05) is 37.0 Å². The van der Waals surface area contributed by atoms with Crippen LogP contribution in [0.3, 0.4) is 0 Å². The lowest BCUT2D eigenvalue weighted by Gasteiger charge is -2.34. The fourth-order valence-electron chi connectivity index (χ4n) is 1.84. The Morgan fingerprint density at radius 1 is 1.65 bits per heavy atom. The number of hydrogen-bond donors (Lipinski definition) is 2. The van der Waals surface area contributed by atoms with Crippen LogP contribution in [0.1, 0.15) is 0 Å². The zero-order valence-electron chi connectivity index (χ0n) is 9.72. The molecule has 0 bridgehead atoms. The van der Waals surface area contributed by atoms with E-state index >= 15 is 0 Å². The number of hydrogen-bond acceptors (Lipinski definition) is 5. The molecule has 1 aliphatic rings. The second kappa shape index (κ2) is 5.01. The molecule has 92 valence electrons. The van der Waals surface area contributed by atoms with Crippen molar-refractivity contribution in [1.29, 1.82) is 0 Å². The van der Waals surface area contributed by atoms with Crippen LogP contribution in [0.2, 0.25) is 0 Å². The van der Waals surface area contributed by atoms with Crippen LogP contribution in [0.5, 0.6) is 0 Å². The summed E-state index contributed by atoms with van der Waals surface area (Å²) in [6.45, 7) is 1.52. The number of pyridine rings is 1. The predicted octanol–water partition coefficient (Wildman–Crippen LogP) is -0.186. The smallest absolute Gasteiger partial charge is 0.242 e. The number of carbonyl (C=O) groups excluding carboxylic acids is 1. The number of nitrogens with one attached hydrogen (secondary N) is 1. The number of nitrogens with two attached hydrogens (primary N) is 1. The Morgan fingerprint density at radius 2 is 2.47 bits per heavy atom. The van der Waals surface area contributed by atoms with Gasteiger partial charge in [0.05, 0.1) is 13.2 Å². The fourth-order valence-corrected chi connectivity index (χ4v) is 1.84. The van der Waals surface area contributed by atoms with Crippen molar-refractivity contribution < 1.29 is 9.53 Å². The highest BCUT2D eigenvalue weighted by Gasteiger charge is 2.28. The Morgan fingerprint density at radius 3 is 3.18 bits per heavy atom. The summed E-state index contributed by atoms with van der Waals surface area (Å²) in [6, 6.07) is 5.18. The third-order valence-electron chi connectivity index (χ3n) is 2.74. The van der Waals surface area contributed by atoms with Crippen LogP contribution < -0.4 is 16.0 Å². The van der Waals surface area contributed by atoms with Gasteiger partial charge in [0, 0.05) is 13.6 Å². The van der Waals surface area contributed by atoms with E-state index < -0.39 is 6.04 Å². The molecule has 0 spiro atoms. The van der Waals surface area contributed by atoms with Crippen molar-refractivity contribution in [2.45, 2.75) is 6.04 Å². The third kappa shape index (κ3) is 2.47. The van der Waals surface area contributed by atoms with Crippen molar-refractivity contribution >= 4 is 17.5 Å². The first-order valence-corrected chi connectivity index (χ1v) is 5.51. The van der Waals surface area contributed by atoms with Crippen LogP contribution in [-0.4, -0.2) is 43.7 Å². The largest absolute Gasteiger partial charge is 0.377 e. The van der Waals surface area contributed by atoms with Crippen molar-refractivity contribution in [2.24, 2.45) is 5.73 Å². The van der Waals surface area contributed by atoms with E-state index in [-0.39, 0.29) is 5.91 Å². The maximum absolute atomic E-state index is 11.3. The van der Waals surface area contributed by atoms with Gasteiger partial charge in [0.2, 0.25) is 5.91 Å². The number of carbonyl (C=O) groups is 1. The average molecular weight is 236 g/mol. The molecule has 1 unspecified atom stereocenters. The molecule has 3 N–H and O–H groups in total. The minimum Gasteiger partial charge on any atom is -0.377 e. The van der Waals surface area contributed by atoms with Gasteiger partial charge in [-0.3, -0.25) is 4.79 Å². The molecule has 6 nitrogen and oxygen atoms in total. The van der Waals surface area contributed by atoms with Gasteiger partial charge < -0.3 is 20.7 Å². The van der Waals surface area contributed by atoms with Crippen molar-refractivity contribution in [3.05, 3.63) is 18.2 Å². The molecule has 1 atom stereocenters. The molecular weight excluding hydrogens is 220 g/mol. The molecule has 0 aliphatic carbocycles. The SMILES string of the molecule is CNc1cccc(N2CCOCC2C(N)=O)n1. The molecular formula is C11H16N4O2. The van der Waals surface area contributed by atoms with E-state index in [9.17, 15) is 4.79 Å². The summed E-state index contributed by atoms with van der Waals surface area (Å²) in [5, 5.41) is 2.97. The first-order valence-electron chi connectivity index (χ1n) is 5.51. The summed E-state index contributed by atoms with van der Waals surface area (Å²) in [4.78, 5) is 17.6. The molecule has 0 radical (unpaired) electrons. The number of aromatic nitrogens is 1. The number of anilines is 2. The van der Waals surface area contributed by atoms with Gasteiger partial charge in [0.15, 0.2) is 0 Å². The Kier molecular flexibility index (Phi) is 3.43. The van der Waals surface area contributed by atoms with Gasteiger partial charge in [-0.15, -0.1) is 0 Å². The summed E-state index contributed by atoms with van der Waals surface area (Å²) < 4.78 is 5.27. The molecule has 2 heterocycles. The average Bonchev–Trinajstić information content (AvgIpc) is 2.39. The van der Waals surface area contributed by atoms with Crippen LogP contribution in [0, 0.1) is 0 Å². The molecule has 1 saturated heterocycles. The predicted molar refractivity (Wildman–Crippen MR) is 64.9 cm³/mol. The number of nitrogens with zero attached hydrogens (tertiary/aromatic N) is 2. The lowest BCUT2D eigenvalue weighted by atomic mass is 10.2. The Labute approximate surface area is 99.8 Å². The maximum Gasteiger partial charge on any atom is 0.242 e. The number of amides is 1. The van der Waals surface area contributed by atoms with E-state index in [0.717, 1.165) is 11.6 Å². The first kappa shape index (κ1) is 11.7. The summed E-state index contributed by atoms with van der Waals surface area (Å²) >= 11 is 0. The van der Waals surface area contributed by atoms with Gasteiger partial charge in [-0.1, -0.05) is 6.07 Å². The highest BCUT2D eigenvalue weighted by molar-refractivity contribution is 5.83. The third-order valence-corrected chi connectivity index (χ3v) is 2.74. The van der Waals surface area contributed by atoms with Gasteiger partial charge in [-0.2, -0.15) is 0 Å². The molecule has 1 aromatic heterocycles. The van der Waals surface area contributed by atoms with E-state index in [1.807, 2.05) is 23.1 Å². The normalized spacial score (nSPS) is 20.1. The van der Waals surface area contributed by atoms with Crippen LogP contribution in [-0.2, 0) is 9.53 Å². The highest BCUT2D eigenvalue weighted by atomic mass is 16.5. The zero-order valence-corrected chi connectivity index (χ0v) is 9.72. The van der Waals surface area contributed by atoms with E-state index in [2.05, 4.69) is 10.3 Å². The van der Waals surface area contributed by atoms with Crippen molar-refractivity contribution in [3.63, 3.8) is 0 Å². The van der Waals surface area contributed by atoms with Gasteiger partial charge in [0.1, 0.15) is 17.7 Å². The lowest BCUT2D eigenvalue weighted by Crippen LogP contribution is -2.53. The van der Waals surface area contributed by atoms with Gasteiger partial charge in [-0.05, 0) is 12.1 Å². The molecule has 1 fully saturated rings. The summed E-state index contributed by atoms with van der Waals surface area (Å²) in [7, 11) is 1.80. The van der Waals surface area contributed by atoms with E-state index in [0.29, 0.717) is 19.8 Å². The second-order valence-corrected chi connectivity index (χ2v) is 3.82. The lowest BCUT2D eigenvalue weighted by molar-refractivity contribution is -0.121. The Bertz CT molecular complexity index is 410. The zero-order chi connectivity index (χ0) is 12.3. The monoisotopic (exact) mass is 236 g/mol. The van der Waals surface area contributed by atoms with Gasteiger partial charge in [-0.25, -0.2) is 4.98 Å². The van der Waals surface area contributed by atoms with Crippen LogP contribution in [0.15, 0.2) is 18.2 Å². The quantitative estimate of drug-likeness (QED) is 0.760. The standard InChI is InChI=1S/C11H16N4O2/c1-13-9-3-2-4-10(14-9)15-5-6-17-7-8(15)11(12)16/h2-4,8H,5-7H2,1H3,(H2,12,16)(H,13,14). The van der Waals surface area contributed by atoms with Crippen molar-refractivity contribution in [3.8, 4) is 0 Å². The van der Waals surface area contributed by atoms with Gasteiger partial charge in [0.25, 0.3) is 0 Å². The number of ether oxygens (including phenoxy) is 1. The number of primary amides is 1. The topological polar surface area (TPSA) is 80.5 Å². The summed E-state index contributed by atoms with van der Waals surface area (Å²) in [5.74, 6) is 1.11. The minimum atomic E-state index is -0.441. The maximum atomic E-state index is 11.3. The summed E-state index contributed by atoms with van der Waals surface area (Å²) in [5.41, 5.74) is 5.36. The molecule has 1 aliphatic heterocycles. The Balaban J connectivity index is 2.26. The van der Waals surface area contributed by atoms with Crippen LogP contribution in [0.4, 0.5) is 11.6 Å². The number of rotatable bonds is 3. The summed E-state index contributed by atoms with van der Waals surface area (Å²) in [6.07, 6.45) is 0. The molecule has 1 aromatic rings. The molecule has 6 heteroatoms. The Hall–Kier alpha value is -1.82. The number of morpholine rings is 1. The van der Waals surface area contributed by atoms with E-state index in [1.165, 1.54) is 0 Å². The first-order chi connectivity index (χ1) is 8.22. The van der Waals surface area contributed by atoms with Gasteiger partial charge >= 0.3 is 0 Å². The highest BCUT2D eigenvalue weighted by Crippen LogP contribution is 2.19.